The molecule has 0 aromatic rings. The zero-order chi connectivity index (χ0) is 5.86. The van der Waals surface area contributed by atoms with Gasteiger partial charge in [0.15, 0.2) is 0 Å². The zero-order valence-electron chi connectivity index (χ0n) is 3.12. The van der Waals surface area contributed by atoms with Crippen molar-refractivity contribution in [3.05, 3.63) is 0 Å². The maximum Gasteiger partial charge on any atom is 0.516 e. The highest BCUT2D eigenvalue weighted by Gasteiger charge is 2.01. The zero-order valence-corrected chi connectivity index (χ0v) is 3.12. The lowest BCUT2D eigenvalue weighted by Crippen LogP contribution is -2.05. The number of hydrogen-bond donors (Lipinski definition) is 2. The van der Waals surface area contributed by atoms with Gasteiger partial charge in [0.05, 0.1) is 8.41 Å². The fraction of sp³-hybridized carbons (Fsp3) is 0. The lowest BCUT2D eigenvalue weighted by Gasteiger charge is -1.84. The molecule has 0 unspecified atom stereocenters. The Balaban J connectivity index is 0. The van der Waals surface area contributed by atoms with Crippen molar-refractivity contribution in [2.45, 2.75) is 0 Å². The number of carbonyl (C=O) groups is 2. The van der Waals surface area contributed by atoms with E-state index in [1.807, 2.05) is 0 Å². The Kier molecular flexibility index (Phi) is 4.94. The van der Waals surface area contributed by atoms with Crippen LogP contribution in [-0.4, -0.2) is 30.9 Å². The first-order valence-electron chi connectivity index (χ1n) is 1.26. The van der Waals surface area contributed by atoms with E-state index < -0.39 is 12.3 Å². The van der Waals surface area contributed by atoms with Crippen LogP contribution < -0.4 is 0 Å². The minimum Gasteiger partial charge on any atom is -0.449 e. The molecule has 46 valence electrons. The molecular weight excluding hydrogens is 115 g/mol. The monoisotopic (exact) mass is 120 g/mol. The van der Waals surface area contributed by atoms with Crippen LogP contribution in [0.25, 0.3) is 0 Å². The van der Waals surface area contributed by atoms with Crippen LogP contribution >= 0.6 is 0 Å². The summed E-state index contributed by atoms with van der Waals surface area (Å²) in [4.78, 5) is 18.4. The maximum atomic E-state index is 9.21. The molecule has 8 heavy (non-hydrogen) atoms. The molecule has 0 fully saturated rings. The van der Waals surface area contributed by atoms with Gasteiger partial charge in [-0.25, -0.2) is 9.59 Å². The van der Waals surface area contributed by atoms with Gasteiger partial charge in [0.1, 0.15) is 0 Å². The number of hydrogen-bond acceptors (Lipinski definition) is 3. The summed E-state index contributed by atoms with van der Waals surface area (Å²) in [5, 5.41) is 15.0. The lowest BCUT2D eigenvalue weighted by atomic mass is 10.8. The average Bonchev–Trinajstić information content (AvgIpc) is 1.27. The fourth-order valence-electron chi connectivity index (χ4n) is 0.0747. The van der Waals surface area contributed by atoms with Crippen LogP contribution in [0.2, 0.25) is 0 Å². The second kappa shape index (κ2) is 3.98. The largest absolute Gasteiger partial charge is 0.516 e. The molecule has 0 bridgehead atoms. The predicted octanol–water partition coefficient (Wildman–Crippen LogP) is -0.825. The quantitative estimate of drug-likeness (QED) is 0.247. The smallest absolute Gasteiger partial charge is 0.449 e. The lowest BCUT2D eigenvalue weighted by molar-refractivity contribution is 0.0802. The van der Waals surface area contributed by atoms with Crippen LogP contribution in [0.4, 0.5) is 9.59 Å². The van der Waals surface area contributed by atoms with E-state index in [1.165, 1.54) is 0 Å². The van der Waals surface area contributed by atoms with E-state index in [4.69, 9.17) is 10.2 Å². The fourth-order valence-corrected chi connectivity index (χ4v) is 0.0747. The number of carboxylic acid groups (broad SMARTS) is 2. The van der Waals surface area contributed by atoms with Gasteiger partial charge in [0.2, 0.25) is 0 Å². The normalized spacial score (nSPS) is 6.50. The molecule has 0 aliphatic carbocycles. The Morgan fingerprint density at radius 1 is 1.12 bits per heavy atom. The topological polar surface area (TPSA) is 83.8 Å². The predicted molar refractivity (Wildman–Crippen MR) is 27.1 cm³/mol. The highest BCUT2D eigenvalue weighted by molar-refractivity contribution is 5.75. The van der Waals surface area contributed by atoms with Crippen LogP contribution in [-0.2, 0) is 4.74 Å². The molecule has 5 nitrogen and oxygen atoms in total. The van der Waals surface area contributed by atoms with E-state index in [9.17, 15) is 9.59 Å². The first-order chi connectivity index (χ1) is 3.13. The number of rotatable bonds is 0. The standard InChI is InChI=1S/C2H2O5.BH3/c3-1(4)7-2(5)6;/h(H,3,4)(H,5,6);1H3. The van der Waals surface area contributed by atoms with Crippen molar-refractivity contribution >= 4 is 20.7 Å². The molecule has 0 aromatic carbocycles. The van der Waals surface area contributed by atoms with Crippen molar-refractivity contribution in [3.63, 3.8) is 0 Å². The van der Waals surface area contributed by atoms with Crippen molar-refractivity contribution in [1.82, 2.24) is 0 Å². The van der Waals surface area contributed by atoms with Crippen molar-refractivity contribution in [1.29, 1.82) is 0 Å². The molecule has 0 aliphatic heterocycles. The molecule has 0 aliphatic rings. The maximum absolute atomic E-state index is 9.21. The molecular formula is C2H5BO5. The third-order valence-electron chi connectivity index (χ3n) is 0.175. The Hall–Kier alpha value is -1.20. The third-order valence-corrected chi connectivity index (χ3v) is 0.175. The molecule has 0 radical (unpaired) electrons. The van der Waals surface area contributed by atoms with E-state index in [0.717, 1.165) is 0 Å². The summed E-state index contributed by atoms with van der Waals surface area (Å²) in [6, 6.07) is 0. The summed E-state index contributed by atoms with van der Waals surface area (Å²) in [5.74, 6) is 0. The van der Waals surface area contributed by atoms with Crippen molar-refractivity contribution in [2.75, 3.05) is 0 Å². The first kappa shape index (κ1) is 9.93. The van der Waals surface area contributed by atoms with Gasteiger partial charge in [-0.3, -0.25) is 0 Å². The van der Waals surface area contributed by atoms with E-state index in [2.05, 4.69) is 4.74 Å². The third kappa shape index (κ3) is 8.84. The van der Waals surface area contributed by atoms with E-state index in [0.29, 0.717) is 0 Å². The highest BCUT2D eigenvalue weighted by Crippen LogP contribution is 1.73. The summed E-state index contributed by atoms with van der Waals surface area (Å²) in [5.41, 5.74) is 0. The molecule has 0 spiro atoms. The van der Waals surface area contributed by atoms with Gasteiger partial charge in [-0.2, -0.15) is 0 Å². The Labute approximate surface area is 46.5 Å². The average molecular weight is 120 g/mol. The molecule has 0 heterocycles. The van der Waals surface area contributed by atoms with Crippen molar-refractivity contribution < 1.29 is 24.5 Å². The SMILES string of the molecule is B.O=C(O)OC(=O)O. The minimum atomic E-state index is -1.81. The molecule has 0 rings (SSSR count). The Bertz CT molecular complexity index is 86.6. The highest BCUT2D eigenvalue weighted by atomic mass is 16.7. The van der Waals surface area contributed by atoms with Crippen molar-refractivity contribution in [2.24, 2.45) is 0 Å². The van der Waals surface area contributed by atoms with E-state index in [1.54, 1.807) is 0 Å². The van der Waals surface area contributed by atoms with E-state index in [-0.39, 0.29) is 8.41 Å². The summed E-state index contributed by atoms with van der Waals surface area (Å²) >= 11 is 0. The van der Waals surface area contributed by atoms with Gasteiger partial charge < -0.3 is 14.9 Å². The first-order valence-corrected chi connectivity index (χ1v) is 1.26. The van der Waals surface area contributed by atoms with Crippen LogP contribution in [0.15, 0.2) is 0 Å². The summed E-state index contributed by atoms with van der Waals surface area (Å²) in [6.07, 6.45) is -3.62. The molecule has 0 amide bonds. The molecule has 6 heteroatoms. The van der Waals surface area contributed by atoms with Crippen molar-refractivity contribution in [3.8, 4) is 0 Å². The molecule has 2 N–H and O–H groups in total. The van der Waals surface area contributed by atoms with Gasteiger partial charge in [-0.1, -0.05) is 0 Å². The van der Waals surface area contributed by atoms with Gasteiger partial charge in [-0.15, -0.1) is 0 Å². The molecule has 0 saturated heterocycles. The Morgan fingerprint density at radius 2 is 1.38 bits per heavy atom. The second-order valence-corrected chi connectivity index (χ2v) is 0.634. The van der Waals surface area contributed by atoms with E-state index >= 15 is 0 Å². The summed E-state index contributed by atoms with van der Waals surface area (Å²) in [6.45, 7) is 0. The van der Waals surface area contributed by atoms with Crippen LogP contribution in [0, 0.1) is 0 Å². The second-order valence-electron chi connectivity index (χ2n) is 0.634. The van der Waals surface area contributed by atoms with Gasteiger partial charge in [-0.05, 0) is 0 Å². The number of ether oxygens (including phenoxy) is 1. The molecule has 0 aromatic heterocycles. The van der Waals surface area contributed by atoms with Crippen LogP contribution in [0.3, 0.4) is 0 Å². The minimum absolute atomic E-state index is 0. The van der Waals surface area contributed by atoms with Gasteiger partial charge >= 0.3 is 12.3 Å². The molecule has 0 atom stereocenters. The Morgan fingerprint density at radius 3 is 1.38 bits per heavy atom. The summed E-state index contributed by atoms with van der Waals surface area (Å²) in [7, 11) is 0. The molecule has 0 saturated carbocycles. The van der Waals surface area contributed by atoms with Gasteiger partial charge in [0.25, 0.3) is 0 Å². The van der Waals surface area contributed by atoms with Crippen LogP contribution in [0.1, 0.15) is 0 Å². The van der Waals surface area contributed by atoms with Gasteiger partial charge in [0, 0.05) is 0 Å². The summed E-state index contributed by atoms with van der Waals surface area (Å²) < 4.78 is 3.08. The van der Waals surface area contributed by atoms with Crippen LogP contribution in [0.5, 0.6) is 0 Å².